The molecule has 0 atom stereocenters. The number of rotatable bonds is 5. The smallest absolute Gasteiger partial charge is 0.531 e. The topological polar surface area (TPSA) is 104 Å². The van der Waals surface area contributed by atoms with Crippen LogP contribution in [-0.2, 0) is 10.0 Å². The highest BCUT2D eigenvalue weighted by molar-refractivity contribution is 7.89. The zero-order valence-corrected chi connectivity index (χ0v) is 15.3. The van der Waals surface area contributed by atoms with Gasteiger partial charge in [-0.3, -0.25) is 0 Å². The van der Waals surface area contributed by atoms with Gasteiger partial charge in [0.05, 0.1) is 18.4 Å². The van der Waals surface area contributed by atoms with E-state index >= 15 is 0 Å². The van der Waals surface area contributed by atoms with Gasteiger partial charge < -0.3 is 14.7 Å². The maximum atomic E-state index is 12.3. The van der Waals surface area contributed by atoms with Crippen LogP contribution in [0.4, 0.5) is 13.2 Å². The molecule has 0 amide bonds. The number of hydrogen-bond acceptors (Lipinski definition) is 5. The molecular formula is C16H17BF3N3O4S. The number of aromatic nitrogens is 2. The summed E-state index contributed by atoms with van der Waals surface area (Å²) >= 11 is 0. The van der Waals surface area contributed by atoms with E-state index in [0.29, 0.717) is 24.2 Å². The van der Waals surface area contributed by atoms with Gasteiger partial charge >= 0.3 is 13.3 Å². The molecule has 12 heteroatoms. The SMILES string of the molecule is O=S(=O)(CCC(F)(F)F)NC1CC(C2=CB(O)Oc3cnc4[nH]ccc4c32)C1. The number of hydrogen-bond donors (Lipinski definition) is 3. The molecule has 150 valence electrons. The molecule has 2 aromatic rings. The van der Waals surface area contributed by atoms with E-state index in [4.69, 9.17) is 4.65 Å². The van der Waals surface area contributed by atoms with Crippen molar-refractivity contribution in [1.29, 1.82) is 0 Å². The molecule has 0 spiro atoms. The first-order chi connectivity index (χ1) is 13.1. The van der Waals surface area contributed by atoms with Crippen molar-refractivity contribution in [2.24, 2.45) is 5.92 Å². The van der Waals surface area contributed by atoms with E-state index in [2.05, 4.69) is 14.7 Å². The molecule has 0 saturated heterocycles. The fraction of sp³-hybridized carbons (Fsp3) is 0.438. The molecule has 4 rings (SSSR count). The van der Waals surface area contributed by atoms with Crippen LogP contribution in [-0.4, -0.2) is 48.5 Å². The first kappa shape index (κ1) is 19.3. The Morgan fingerprint density at radius 2 is 2.14 bits per heavy atom. The molecule has 3 heterocycles. The zero-order valence-electron chi connectivity index (χ0n) is 14.5. The maximum Gasteiger partial charge on any atom is 0.552 e. The van der Waals surface area contributed by atoms with Crippen molar-refractivity contribution in [2.45, 2.75) is 31.5 Å². The molecular weight excluding hydrogens is 398 g/mol. The number of H-pyrrole nitrogens is 1. The number of sulfonamides is 1. The van der Waals surface area contributed by atoms with Gasteiger partial charge in [0.2, 0.25) is 10.0 Å². The van der Waals surface area contributed by atoms with Crippen LogP contribution in [0.2, 0.25) is 0 Å². The van der Waals surface area contributed by atoms with E-state index < -0.39 is 41.5 Å². The molecule has 2 aliphatic rings. The van der Waals surface area contributed by atoms with E-state index in [0.717, 1.165) is 16.5 Å². The number of fused-ring (bicyclic) bond motifs is 3. The second-order valence-electron chi connectivity index (χ2n) is 7.03. The molecule has 0 bridgehead atoms. The summed E-state index contributed by atoms with van der Waals surface area (Å²) in [6.45, 7) is 0. The Morgan fingerprint density at radius 3 is 2.86 bits per heavy atom. The molecule has 7 nitrogen and oxygen atoms in total. The number of alkyl halides is 3. The summed E-state index contributed by atoms with van der Waals surface area (Å²) in [6.07, 6.45) is -1.78. The lowest BCUT2D eigenvalue weighted by Crippen LogP contribution is -2.46. The maximum absolute atomic E-state index is 12.3. The molecule has 1 saturated carbocycles. The van der Waals surface area contributed by atoms with Crippen LogP contribution in [0.1, 0.15) is 24.8 Å². The minimum atomic E-state index is -4.51. The Bertz CT molecular complexity index is 1030. The van der Waals surface area contributed by atoms with Crippen molar-refractivity contribution in [3.05, 3.63) is 30.0 Å². The Hall–Kier alpha value is -2.05. The predicted octanol–water partition coefficient (Wildman–Crippen LogP) is 2.01. The first-order valence-corrected chi connectivity index (χ1v) is 10.4. The van der Waals surface area contributed by atoms with Crippen molar-refractivity contribution in [3.8, 4) is 5.75 Å². The van der Waals surface area contributed by atoms with Gasteiger partial charge in [0.25, 0.3) is 0 Å². The summed E-state index contributed by atoms with van der Waals surface area (Å²) in [5, 5.41) is 10.8. The molecule has 1 aliphatic heterocycles. The third-order valence-electron chi connectivity index (χ3n) is 4.99. The summed E-state index contributed by atoms with van der Waals surface area (Å²) in [7, 11) is -5.14. The van der Waals surface area contributed by atoms with Gasteiger partial charge in [-0.15, -0.1) is 0 Å². The quantitative estimate of drug-likeness (QED) is 0.649. The number of halogens is 3. The summed E-state index contributed by atoms with van der Waals surface area (Å²) in [6, 6.07) is 1.41. The lowest BCUT2D eigenvalue weighted by atomic mass is 9.68. The summed E-state index contributed by atoms with van der Waals surface area (Å²) in [4.78, 5) is 7.23. The fourth-order valence-electron chi connectivity index (χ4n) is 3.65. The minimum absolute atomic E-state index is 0.0480. The lowest BCUT2D eigenvalue weighted by Gasteiger charge is -2.39. The van der Waals surface area contributed by atoms with Crippen LogP contribution in [0.15, 0.2) is 24.4 Å². The molecule has 0 unspecified atom stereocenters. The van der Waals surface area contributed by atoms with Gasteiger partial charge in [-0.25, -0.2) is 18.1 Å². The molecule has 3 N–H and O–H groups in total. The Balaban J connectivity index is 1.47. The summed E-state index contributed by atoms with van der Waals surface area (Å²) < 4.78 is 68.2. The Kier molecular flexibility index (Phi) is 4.67. The van der Waals surface area contributed by atoms with E-state index in [-0.39, 0.29) is 5.92 Å². The molecule has 1 aliphatic carbocycles. The van der Waals surface area contributed by atoms with Gasteiger partial charge in [0, 0.05) is 23.2 Å². The monoisotopic (exact) mass is 415 g/mol. The molecule has 2 aromatic heterocycles. The number of pyridine rings is 1. The average Bonchev–Trinajstić information content (AvgIpc) is 3.03. The van der Waals surface area contributed by atoms with E-state index in [1.807, 2.05) is 6.07 Å². The van der Waals surface area contributed by atoms with Crippen LogP contribution in [0.5, 0.6) is 5.75 Å². The summed E-state index contributed by atoms with van der Waals surface area (Å²) in [5.74, 6) is 0.985. The van der Waals surface area contributed by atoms with E-state index in [9.17, 15) is 26.6 Å². The highest BCUT2D eigenvalue weighted by Crippen LogP contribution is 2.46. The number of nitrogens with one attached hydrogen (secondary N) is 2. The van der Waals surface area contributed by atoms with E-state index in [1.54, 1.807) is 12.2 Å². The minimum Gasteiger partial charge on any atom is -0.531 e. The highest BCUT2D eigenvalue weighted by atomic mass is 32.2. The predicted molar refractivity (Wildman–Crippen MR) is 96.8 cm³/mol. The number of allylic oxidation sites excluding steroid dienone is 1. The van der Waals surface area contributed by atoms with Crippen molar-refractivity contribution < 1.29 is 31.3 Å². The average molecular weight is 415 g/mol. The van der Waals surface area contributed by atoms with Crippen LogP contribution < -0.4 is 9.38 Å². The molecule has 0 aromatic carbocycles. The molecule has 0 radical (unpaired) electrons. The van der Waals surface area contributed by atoms with Gasteiger partial charge in [-0.05, 0) is 36.4 Å². The lowest BCUT2D eigenvalue weighted by molar-refractivity contribution is -0.130. The fourth-order valence-corrected chi connectivity index (χ4v) is 4.97. The standard InChI is InChI=1S/C16H17BF3N3O4S/c18-16(19,20)2-4-28(25,26)23-10-5-9(6-10)12-7-17(24)27-13-8-22-15-11(14(12)13)1-3-21-15/h1,3,7-10,23-24H,2,4-6H2,(H,21,22). The number of aromatic amines is 1. The Labute approximate surface area is 159 Å². The third kappa shape index (κ3) is 3.89. The third-order valence-corrected chi connectivity index (χ3v) is 6.42. The van der Waals surface area contributed by atoms with Gasteiger partial charge in [-0.1, -0.05) is 0 Å². The normalized spacial score (nSPS) is 22.4. The van der Waals surface area contributed by atoms with Crippen LogP contribution >= 0.6 is 0 Å². The zero-order chi connectivity index (χ0) is 20.1. The van der Waals surface area contributed by atoms with Crippen molar-refractivity contribution >= 4 is 33.7 Å². The van der Waals surface area contributed by atoms with Crippen molar-refractivity contribution in [3.63, 3.8) is 0 Å². The first-order valence-electron chi connectivity index (χ1n) is 8.71. The van der Waals surface area contributed by atoms with Crippen molar-refractivity contribution in [1.82, 2.24) is 14.7 Å². The van der Waals surface area contributed by atoms with E-state index in [1.165, 1.54) is 6.20 Å². The largest absolute Gasteiger partial charge is 0.552 e. The van der Waals surface area contributed by atoms with Gasteiger partial charge in [0.15, 0.2) is 0 Å². The second-order valence-corrected chi connectivity index (χ2v) is 8.91. The number of nitrogens with zero attached hydrogens (tertiary/aromatic N) is 1. The highest BCUT2D eigenvalue weighted by Gasteiger charge is 2.39. The second kappa shape index (κ2) is 6.78. The van der Waals surface area contributed by atoms with Gasteiger partial charge in [0.1, 0.15) is 11.4 Å². The summed E-state index contributed by atoms with van der Waals surface area (Å²) in [5.41, 5.74) is 2.28. The van der Waals surface area contributed by atoms with Crippen LogP contribution in [0.3, 0.4) is 0 Å². The molecule has 28 heavy (non-hydrogen) atoms. The van der Waals surface area contributed by atoms with Crippen molar-refractivity contribution in [2.75, 3.05) is 5.75 Å². The van der Waals surface area contributed by atoms with Crippen LogP contribution in [0.25, 0.3) is 16.6 Å². The van der Waals surface area contributed by atoms with Crippen LogP contribution in [0, 0.1) is 5.92 Å². The molecule has 1 fully saturated rings. The Morgan fingerprint density at radius 1 is 1.39 bits per heavy atom. The van der Waals surface area contributed by atoms with Gasteiger partial charge in [-0.2, -0.15) is 13.2 Å².